The van der Waals surface area contributed by atoms with E-state index in [9.17, 15) is 9.18 Å². The second kappa shape index (κ2) is 7.59. The molecule has 1 atom stereocenters. The minimum Gasteiger partial charge on any atom is -0.344 e. The maximum Gasteiger partial charge on any atom is 0.231 e. The third-order valence-electron chi connectivity index (χ3n) is 4.15. The molecule has 0 unspecified atom stereocenters. The van der Waals surface area contributed by atoms with Gasteiger partial charge in [0.1, 0.15) is 12.1 Å². The lowest BCUT2D eigenvalue weighted by Gasteiger charge is -2.18. The zero-order chi connectivity index (χ0) is 17.9. The first-order valence-corrected chi connectivity index (χ1v) is 10.2. The van der Waals surface area contributed by atoms with Gasteiger partial charge in [-0.25, -0.2) is 4.39 Å². The van der Waals surface area contributed by atoms with E-state index in [2.05, 4.69) is 15.5 Å². The Kier molecular flexibility index (Phi) is 5.03. The zero-order valence-corrected chi connectivity index (χ0v) is 15.5. The summed E-state index contributed by atoms with van der Waals surface area (Å²) in [5.74, 6) is -0.128. The third kappa shape index (κ3) is 3.96. The van der Waals surface area contributed by atoms with E-state index in [0.29, 0.717) is 6.04 Å². The van der Waals surface area contributed by atoms with Gasteiger partial charge in [-0.2, -0.15) is 0 Å². The summed E-state index contributed by atoms with van der Waals surface area (Å²) in [4.78, 5) is 13.5. The third-order valence-corrected chi connectivity index (χ3v) is 6.04. The van der Waals surface area contributed by atoms with Gasteiger partial charge in [0.25, 0.3) is 0 Å². The van der Waals surface area contributed by atoms with Crippen molar-refractivity contribution >= 4 is 29.0 Å². The molecule has 26 heavy (non-hydrogen) atoms. The molecule has 1 fully saturated rings. The molecule has 1 saturated carbocycles. The van der Waals surface area contributed by atoms with Gasteiger partial charge in [-0.05, 0) is 42.0 Å². The summed E-state index contributed by atoms with van der Waals surface area (Å²) in [7, 11) is 0. The molecule has 8 heteroatoms. The average Bonchev–Trinajstić information content (AvgIpc) is 3.15. The van der Waals surface area contributed by atoms with Crippen LogP contribution in [-0.2, 0) is 4.79 Å². The number of nitrogens with one attached hydrogen (secondary N) is 1. The number of benzene rings is 1. The van der Waals surface area contributed by atoms with E-state index >= 15 is 0 Å². The molecule has 134 valence electrons. The molecule has 5 nitrogen and oxygen atoms in total. The molecule has 4 rings (SSSR count). The van der Waals surface area contributed by atoms with Crippen LogP contribution < -0.4 is 5.32 Å². The molecule has 0 bridgehead atoms. The quantitative estimate of drug-likeness (QED) is 0.625. The molecule has 0 aliphatic heterocycles. The summed E-state index contributed by atoms with van der Waals surface area (Å²) >= 11 is 2.95. The Bertz CT molecular complexity index is 875. The highest BCUT2D eigenvalue weighted by atomic mass is 32.2. The number of carbonyl (C=O) groups excluding carboxylic acids is 1. The fourth-order valence-electron chi connectivity index (χ4n) is 2.70. The SMILES string of the molecule is O=C(CSc1nncn1C1CC1)N[C@H](c1ccc(F)cc1)c1cccs1. The smallest absolute Gasteiger partial charge is 0.231 e. The van der Waals surface area contributed by atoms with Gasteiger partial charge < -0.3 is 9.88 Å². The minimum absolute atomic E-state index is 0.0944. The van der Waals surface area contributed by atoms with Crippen LogP contribution in [0.5, 0.6) is 0 Å². The minimum atomic E-state index is -0.292. The van der Waals surface area contributed by atoms with E-state index < -0.39 is 0 Å². The van der Waals surface area contributed by atoms with E-state index in [1.165, 1.54) is 23.9 Å². The summed E-state index contributed by atoms with van der Waals surface area (Å²) in [6.45, 7) is 0. The predicted octanol–water partition coefficient (Wildman–Crippen LogP) is 3.81. The Hall–Kier alpha value is -2.19. The molecule has 0 saturated heterocycles. The largest absolute Gasteiger partial charge is 0.344 e. The van der Waals surface area contributed by atoms with E-state index in [4.69, 9.17) is 0 Å². The summed E-state index contributed by atoms with van der Waals surface area (Å²) in [6.07, 6.45) is 4.01. The maximum absolute atomic E-state index is 13.2. The van der Waals surface area contributed by atoms with Crippen molar-refractivity contribution in [1.29, 1.82) is 0 Å². The Labute approximate surface area is 158 Å². The molecule has 2 aromatic heterocycles. The van der Waals surface area contributed by atoms with E-state index in [1.807, 2.05) is 22.1 Å². The topological polar surface area (TPSA) is 59.8 Å². The predicted molar refractivity (Wildman–Crippen MR) is 99.7 cm³/mol. The van der Waals surface area contributed by atoms with Crippen LogP contribution in [0, 0.1) is 5.82 Å². The van der Waals surface area contributed by atoms with Crippen molar-refractivity contribution in [3.8, 4) is 0 Å². The highest BCUT2D eigenvalue weighted by molar-refractivity contribution is 7.99. The molecule has 3 aromatic rings. The van der Waals surface area contributed by atoms with Gasteiger partial charge in [-0.1, -0.05) is 30.0 Å². The normalized spacial score (nSPS) is 15.0. The molecule has 1 aliphatic carbocycles. The number of aromatic nitrogens is 3. The van der Waals surface area contributed by atoms with Crippen molar-refractivity contribution < 1.29 is 9.18 Å². The number of halogens is 1. The Morgan fingerprint density at radius 3 is 2.85 bits per heavy atom. The Morgan fingerprint density at radius 1 is 1.35 bits per heavy atom. The standard InChI is InChI=1S/C18H17FN4OS2/c19-13-5-3-12(4-6-13)17(15-2-1-9-25-15)21-16(24)10-26-18-22-20-11-23(18)14-7-8-14/h1-6,9,11,14,17H,7-8,10H2,(H,21,24)/t17-/m1/s1. The van der Waals surface area contributed by atoms with Crippen molar-refractivity contribution in [3.05, 3.63) is 64.4 Å². The fraction of sp³-hybridized carbons (Fsp3) is 0.278. The molecular weight excluding hydrogens is 371 g/mol. The lowest BCUT2D eigenvalue weighted by Crippen LogP contribution is -2.30. The summed E-state index contributed by atoms with van der Waals surface area (Å²) in [5.41, 5.74) is 0.855. The van der Waals surface area contributed by atoms with Gasteiger partial charge in [-0.3, -0.25) is 4.79 Å². The van der Waals surface area contributed by atoms with Crippen LogP contribution in [0.4, 0.5) is 4.39 Å². The number of carbonyl (C=O) groups is 1. The van der Waals surface area contributed by atoms with E-state index in [1.54, 1.807) is 29.8 Å². The lowest BCUT2D eigenvalue weighted by atomic mass is 10.1. The highest BCUT2D eigenvalue weighted by Gasteiger charge is 2.26. The summed E-state index contributed by atoms with van der Waals surface area (Å²) in [6, 6.07) is 10.3. The molecule has 2 heterocycles. The second-order valence-corrected chi connectivity index (χ2v) is 8.03. The van der Waals surface area contributed by atoms with Crippen molar-refractivity contribution in [2.75, 3.05) is 5.75 Å². The maximum atomic E-state index is 13.2. The molecular formula is C18H17FN4OS2. The van der Waals surface area contributed by atoms with Crippen LogP contribution in [0.15, 0.2) is 53.3 Å². The number of hydrogen-bond donors (Lipinski definition) is 1. The van der Waals surface area contributed by atoms with E-state index in [-0.39, 0.29) is 23.5 Å². The molecule has 1 aliphatic rings. The monoisotopic (exact) mass is 388 g/mol. The summed E-state index contributed by atoms with van der Waals surface area (Å²) in [5, 5.41) is 13.8. The van der Waals surface area contributed by atoms with Gasteiger partial charge >= 0.3 is 0 Å². The summed E-state index contributed by atoms with van der Waals surface area (Å²) < 4.78 is 15.3. The second-order valence-electron chi connectivity index (χ2n) is 6.11. The Morgan fingerprint density at radius 2 is 2.15 bits per heavy atom. The van der Waals surface area contributed by atoms with E-state index in [0.717, 1.165) is 28.4 Å². The fourth-order valence-corrected chi connectivity index (χ4v) is 4.30. The van der Waals surface area contributed by atoms with Crippen LogP contribution in [0.2, 0.25) is 0 Å². The van der Waals surface area contributed by atoms with Crippen LogP contribution in [0.25, 0.3) is 0 Å². The average molecular weight is 388 g/mol. The van der Waals surface area contributed by atoms with Crippen molar-refractivity contribution in [2.45, 2.75) is 30.1 Å². The number of nitrogens with zero attached hydrogens (tertiary/aromatic N) is 3. The van der Waals surface area contributed by atoms with Gasteiger partial charge in [0.15, 0.2) is 5.16 Å². The number of thiophene rings is 1. The van der Waals surface area contributed by atoms with Gasteiger partial charge in [0.2, 0.25) is 5.91 Å². The van der Waals surface area contributed by atoms with Crippen LogP contribution in [0.1, 0.15) is 35.4 Å². The van der Waals surface area contributed by atoms with Gasteiger partial charge in [0, 0.05) is 10.9 Å². The van der Waals surface area contributed by atoms with Crippen LogP contribution in [0.3, 0.4) is 0 Å². The molecule has 0 spiro atoms. The number of hydrogen-bond acceptors (Lipinski definition) is 5. The van der Waals surface area contributed by atoms with Crippen molar-refractivity contribution in [1.82, 2.24) is 20.1 Å². The first kappa shape index (κ1) is 17.2. The highest BCUT2D eigenvalue weighted by Crippen LogP contribution is 2.37. The van der Waals surface area contributed by atoms with Crippen LogP contribution in [-0.4, -0.2) is 26.4 Å². The van der Waals surface area contributed by atoms with Gasteiger partial charge in [-0.15, -0.1) is 21.5 Å². The molecule has 1 amide bonds. The Balaban J connectivity index is 1.44. The number of rotatable bonds is 7. The molecule has 1 N–H and O–H groups in total. The molecule has 1 aromatic carbocycles. The number of amides is 1. The van der Waals surface area contributed by atoms with Crippen molar-refractivity contribution in [2.24, 2.45) is 0 Å². The van der Waals surface area contributed by atoms with Crippen molar-refractivity contribution in [3.63, 3.8) is 0 Å². The molecule has 0 radical (unpaired) electrons. The first-order valence-electron chi connectivity index (χ1n) is 8.31. The zero-order valence-electron chi connectivity index (χ0n) is 13.8. The van der Waals surface area contributed by atoms with Crippen LogP contribution >= 0.6 is 23.1 Å². The van der Waals surface area contributed by atoms with Gasteiger partial charge in [0.05, 0.1) is 11.8 Å². The number of thioether (sulfide) groups is 1. The first-order chi connectivity index (χ1) is 12.7. The lowest BCUT2D eigenvalue weighted by molar-refractivity contribution is -0.119.